The molecule has 2 aromatic carbocycles. The van der Waals surface area contributed by atoms with Gasteiger partial charge in [0.2, 0.25) is 0 Å². The van der Waals surface area contributed by atoms with Gasteiger partial charge in [-0.15, -0.1) is 0 Å². The van der Waals surface area contributed by atoms with E-state index in [1.807, 2.05) is 30.3 Å². The molecule has 0 saturated carbocycles. The number of carbonyl (C=O) groups excluding carboxylic acids is 1. The predicted molar refractivity (Wildman–Crippen MR) is 71.7 cm³/mol. The molecule has 0 aliphatic rings. The minimum Gasteiger partial charge on any atom is -0.444 e. The van der Waals surface area contributed by atoms with E-state index in [9.17, 15) is 9.18 Å². The van der Waals surface area contributed by atoms with Crippen molar-refractivity contribution in [3.8, 4) is 0 Å². The topological polar surface area (TPSA) is 38.3 Å². The molecule has 0 radical (unpaired) electrons. The fourth-order valence-electron chi connectivity index (χ4n) is 1.46. The molecular formula is C14H11ClFNO2. The summed E-state index contributed by atoms with van der Waals surface area (Å²) in [5.41, 5.74) is 0.886. The zero-order valence-corrected chi connectivity index (χ0v) is 10.7. The summed E-state index contributed by atoms with van der Waals surface area (Å²) < 4.78 is 18.4. The average molecular weight is 280 g/mol. The highest BCUT2D eigenvalue weighted by Crippen LogP contribution is 2.19. The lowest BCUT2D eigenvalue weighted by molar-refractivity contribution is 0.155. The lowest BCUT2D eigenvalue weighted by Crippen LogP contribution is -2.14. The number of halogens is 2. The molecule has 0 fully saturated rings. The van der Waals surface area contributed by atoms with Crippen molar-refractivity contribution in [2.24, 2.45) is 0 Å². The van der Waals surface area contributed by atoms with Crippen molar-refractivity contribution >= 4 is 23.4 Å². The number of carbonyl (C=O) groups is 1. The van der Waals surface area contributed by atoms with Crippen LogP contribution in [-0.2, 0) is 11.3 Å². The van der Waals surface area contributed by atoms with Crippen LogP contribution in [0.1, 0.15) is 5.56 Å². The second-order valence-corrected chi connectivity index (χ2v) is 4.25. The number of benzene rings is 2. The van der Waals surface area contributed by atoms with Crippen LogP contribution < -0.4 is 5.32 Å². The molecule has 2 aromatic rings. The highest BCUT2D eigenvalue weighted by Gasteiger charge is 2.08. The number of ether oxygens (including phenoxy) is 1. The summed E-state index contributed by atoms with van der Waals surface area (Å²) in [5.74, 6) is -0.607. The van der Waals surface area contributed by atoms with Crippen LogP contribution >= 0.6 is 11.6 Å². The van der Waals surface area contributed by atoms with Crippen LogP contribution in [0.2, 0.25) is 5.02 Å². The number of amides is 1. The fourth-order valence-corrected chi connectivity index (χ4v) is 1.62. The molecule has 0 atom stereocenters. The first-order valence-electron chi connectivity index (χ1n) is 5.58. The van der Waals surface area contributed by atoms with E-state index in [0.29, 0.717) is 0 Å². The molecule has 98 valence electrons. The molecule has 1 amide bonds. The summed E-state index contributed by atoms with van der Waals surface area (Å²) in [6.45, 7) is 0.127. The molecule has 0 bridgehead atoms. The summed E-state index contributed by atoms with van der Waals surface area (Å²) in [5, 5.41) is 2.58. The number of nitrogens with one attached hydrogen (secondary N) is 1. The van der Waals surface area contributed by atoms with E-state index in [1.165, 1.54) is 12.1 Å². The van der Waals surface area contributed by atoms with E-state index in [1.54, 1.807) is 0 Å². The van der Waals surface area contributed by atoms with Crippen LogP contribution in [0.5, 0.6) is 0 Å². The molecule has 1 N–H and O–H groups in total. The van der Waals surface area contributed by atoms with E-state index in [-0.39, 0.29) is 17.3 Å². The zero-order valence-electron chi connectivity index (χ0n) is 9.90. The van der Waals surface area contributed by atoms with E-state index >= 15 is 0 Å². The Morgan fingerprint density at radius 2 is 1.95 bits per heavy atom. The molecular weight excluding hydrogens is 269 g/mol. The van der Waals surface area contributed by atoms with Crippen LogP contribution in [0.25, 0.3) is 0 Å². The third-order valence-corrected chi connectivity index (χ3v) is 2.62. The molecule has 0 heterocycles. The van der Waals surface area contributed by atoms with Gasteiger partial charge in [-0.05, 0) is 23.8 Å². The summed E-state index contributed by atoms with van der Waals surface area (Å²) in [6.07, 6.45) is -0.718. The Hall–Kier alpha value is -2.07. The Labute approximate surface area is 115 Å². The van der Waals surface area contributed by atoms with Crippen molar-refractivity contribution in [1.29, 1.82) is 0 Å². The Kier molecular flexibility index (Phi) is 4.36. The monoisotopic (exact) mass is 279 g/mol. The maximum atomic E-state index is 13.4. The van der Waals surface area contributed by atoms with E-state index in [2.05, 4.69) is 5.32 Å². The van der Waals surface area contributed by atoms with Crippen molar-refractivity contribution < 1.29 is 13.9 Å². The molecule has 19 heavy (non-hydrogen) atoms. The molecule has 3 nitrogen and oxygen atoms in total. The van der Waals surface area contributed by atoms with Gasteiger partial charge in [-0.3, -0.25) is 5.32 Å². The normalized spacial score (nSPS) is 10.0. The lowest BCUT2D eigenvalue weighted by Gasteiger charge is -2.08. The Morgan fingerprint density at radius 3 is 2.63 bits per heavy atom. The third-order valence-electron chi connectivity index (χ3n) is 2.38. The van der Waals surface area contributed by atoms with Crippen molar-refractivity contribution in [3.05, 3.63) is 64.9 Å². The van der Waals surface area contributed by atoms with Gasteiger partial charge in [0.05, 0.1) is 5.69 Å². The second-order valence-electron chi connectivity index (χ2n) is 3.81. The van der Waals surface area contributed by atoms with E-state index in [0.717, 1.165) is 11.6 Å². The van der Waals surface area contributed by atoms with Gasteiger partial charge in [0.25, 0.3) is 0 Å². The van der Waals surface area contributed by atoms with Crippen molar-refractivity contribution in [2.45, 2.75) is 6.61 Å². The zero-order chi connectivity index (χ0) is 13.7. The highest BCUT2D eigenvalue weighted by molar-refractivity contribution is 6.30. The minimum absolute atomic E-state index is 0.0301. The molecule has 0 aliphatic heterocycles. The quantitative estimate of drug-likeness (QED) is 0.913. The molecule has 0 aromatic heterocycles. The van der Waals surface area contributed by atoms with Crippen LogP contribution in [0.15, 0.2) is 48.5 Å². The Morgan fingerprint density at radius 1 is 1.21 bits per heavy atom. The third kappa shape index (κ3) is 3.96. The van der Waals surface area contributed by atoms with Gasteiger partial charge < -0.3 is 4.74 Å². The van der Waals surface area contributed by atoms with Gasteiger partial charge in [0.1, 0.15) is 12.4 Å². The first kappa shape index (κ1) is 13.4. The molecule has 0 aliphatic carbocycles. The van der Waals surface area contributed by atoms with Gasteiger partial charge in [0, 0.05) is 5.02 Å². The van der Waals surface area contributed by atoms with Crippen LogP contribution in [0, 0.1) is 5.82 Å². The van der Waals surface area contributed by atoms with Gasteiger partial charge in [0.15, 0.2) is 0 Å². The van der Waals surface area contributed by atoms with Crippen LogP contribution in [0.4, 0.5) is 14.9 Å². The largest absolute Gasteiger partial charge is 0.444 e. The lowest BCUT2D eigenvalue weighted by atomic mass is 10.2. The van der Waals surface area contributed by atoms with Crippen molar-refractivity contribution in [3.63, 3.8) is 0 Å². The fraction of sp³-hybridized carbons (Fsp3) is 0.0714. The maximum Gasteiger partial charge on any atom is 0.412 e. The van der Waals surface area contributed by atoms with Gasteiger partial charge in [-0.2, -0.15) is 0 Å². The molecule has 0 saturated heterocycles. The minimum atomic E-state index is -0.718. The molecule has 2 rings (SSSR count). The van der Waals surface area contributed by atoms with E-state index in [4.69, 9.17) is 16.3 Å². The first-order chi connectivity index (χ1) is 9.15. The Balaban J connectivity index is 1.91. The summed E-state index contributed by atoms with van der Waals surface area (Å²) in [6, 6.07) is 13.2. The van der Waals surface area contributed by atoms with Crippen molar-refractivity contribution in [1.82, 2.24) is 0 Å². The van der Waals surface area contributed by atoms with Gasteiger partial charge in [-0.1, -0.05) is 41.9 Å². The summed E-state index contributed by atoms with van der Waals surface area (Å²) >= 11 is 5.61. The predicted octanol–water partition coefficient (Wildman–Crippen LogP) is 4.23. The number of hydrogen-bond acceptors (Lipinski definition) is 2. The summed E-state index contributed by atoms with van der Waals surface area (Å²) in [7, 11) is 0. The standard InChI is InChI=1S/C14H11ClFNO2/c15-11-6-7-13(12(16)8-11)17-14(18)19-9-10-4-2-1-3-5-10/h1-8H,9H2,(H,17,18). The number of rotatable bonds is 3. The maximum absolute atomic E-state index is 13.4. The summed E-state index contributed by atoms with van der Waals surface area (Å²) in [4.78, 5) is 11.5. The molecule has 0 unspecified atom stereocenters. The van der Waals surface area contributed by atoms with Crippen LogP contribution in [0.3, 0.4) is 0 Å². The van der Waals surface area contributed by atoms with E-state index < -0.39 is 11.9 Å². The first-order valence-corrected chi connectivity index (χ1v) is 5.96. The highest BCUT2D eigenvalue weighted by atomic mass is 35.5. The second kappa shape index (κ2) is 6.20. The molecule has 5 heteroatoms. The average Bonchev–Trinajstić information content (AvgIpc) is 2.41. The van der Waals surface area contributed by atoms with Crippen molar-refractivity contribution in [2.75, 3.05) is 5.32 Å². The Bertz CT molecular complexity index is 575. The van der Waals surface area contributed by atoms with Crippen LogP contribution in [-0.4, -0.2) is 6.09 Å². The SMILES string of the molecule is O=C(Nc1ccc(Cl)cc1F)OCc1ccccc1. The van der Waals surface area contributed by atoms with Gasteiger partial charge in [-0.25, -0.2) is 9.18 Å². The van der Waals surface area contributed by atoms with Gasteiger partial charge >= 0.3 is 6.09 Å². The number of anilines is 1. The molecule has 0 spiro atoms. The smallest absolute Gasteiger partial charge is 0.412 e. The number of hydrogen-bond donors (Lipinski definition) is 1.